The van der Waals surface area contributed by atoms with Crippen molar-refractivity contribution in [3.63, 3.8) is 0 Å². The minimum atomic E-state index is 0.603. The molecule has 1 aromatic rings. The van der Waals surface area contributed by atoms with Crippen LogP contribution in [0.1, 0.15) is 45.2 Å². The lowest BCUT2D eigenvalue weighted by molar-refractivity contribution is 0.367. The maximum absolute atomic E-state index is 3.65. The van der Waals surface area contributed by atoms with Crippen molar-refractivity contribution in [3.05, 3.63) is 35.4 Å². The van der Waals surface area contributed by atoms with Gasteiger partial charge in [-0.05, 0) is 50.6 Å². The van der Waals surface area contributed by atoms with E-state index in [0.29, 0.717) is 6.04 Å². The topological polar surface area (TPSA) is 12.0 Å². The Hall–Kier alpha value is -0.820. The molecule has 1 N–H and O–H groups in total. The number of nitrogens with one attached hydrogen (secondary N) is 1. The molecule has 2 atom stereocenters. The minimum Gasteiger partial charge on any atom is -0.314 e. The summed E-state index contributed by atoms with van der Waals surface area (Å²) >= 11 is 0. The molecule has 1 rings (SSSR count). The van der Waals surface area contributed by atoms with Crippen LogP contribution in [-0.4, -0.2) is 12.6 Å². The fourth-order valence-corrected chi connectivity index (χ4v) is 1.98. The van der Waals surface area contributed by atoms with Crippen LogP contribution >= 0.6 is 0 Å². The molecule has 0 fully saturated rings. The normalized spacial score (nSPS) is 14.8. The van der Waals surface area contributed by atoms with Crippen LogP contribution < -0.4 is 5.32 Å². The average Bonchev–Trinajstić information content (AvgIpc) is 2.33. The minimum absolute atomic E-state index is 0.603. The van der Waals surface area contributed by atoms with Crippen molar-refractivity contribution < 1.29 is 0 Å². The van der Waals surface area contributed by atoms with Crippen LogP contribution in [-0.2, 0) is 6.42 Å². The smallest absolute Gasteiger partial charge is 0.00420 e. The van der Waals surface area contributed by atoms with Crippen LogP contribution in [0.3, 0.4) is 0 Å². The standard InChI is InChI=1S/C17H29N/c1-13(2)15(4)12-18-16(5)9-10-17-8-6-7-14(3)11-17/h6-8,11,13,15-16,18H,9-10,12H2,1-5H3. The third-order valence-electron chi connectivity index (χ3n) is 3.87. The van der Waals surface area contributed by atoms with Gasteiger partial charge in [0.05, 0.1) is 0 Å². The molecule has 0 radical (unpaired) electrons. The van der Waals surface area contributed by atoms with Gasteiger partial charge in [0.15, 0.2) is 0 Å². The molecule has 1 aromatic carbocycles. The summed E-state index contributed by atoms with van der Waals surface area (Å²) in [6.07, 6.45) is 2.39. The summed E-state index contributed by atoms with van der Waals surface area (Å²) in [6, 6.07) is 9.45. The molecule has 2 unspecified atom stereocenters. The molecule has 0 saturated heterocycles. The molecular weight excluding hydrogens is 218 g/mol. The predicted molar refractivity (Wildman–Crippen MR) is 81.0 cm³/mol. The maximum Gasteiger partial charge on any atom is 0.00420 e. The van der Waals surface area contributed by atoms with E-state index in [4.69, 9.17) is 0 Å². The molecule has 1 nitrogen and oxygen atoms in total. The SMILES string of the molecule is Cc1cccc(CCC(C)NCC(C)C(C)C)c1. The van der Waals surface area contributed by atoms with Crippen molar-refractivity contribution >= 4 is 0 Å². The predicted octanol–water partition coefficient (Wildman–Crippen LogP) is 4.20. The van der Waals surface area contributed by atoms with Crippen molar-refractivity contribution in [2.24, 2.45) is 11.8 Å². The lowest BCUT2D eigenvalue weighted by atomic mass is 9.97. The number of rotatable bonds is 7. The zero-order valence-electron chi connectivity index (χ0n) is 12.7. The van der Waals surface area contributed by atoms with Crippen molar-refractivity contribution in [3.8, 4) is 0 Å². The highest BCUT2D eigenvalue weighted by Gasteiger charge is 2.08. The summed E-state index contributed by atoms with van der Waals surface area (Å²) in [7, 11) is 0. The quantitative estimate of drug-likeness (QED) is 0.761. The molecule has 102 valence electrons. The summed E-state index contributed by atoms with van der Waals surface area (Å²) < 4.78 is 0. The first kappa shape index (κ1) is 15.2. The molecule has 0 aliphatic carbocycles. The van der Waals surface area contributed by atoms with Gasteiger partial charge < -0.3 is 5.32 Å². The molecule has 0 heterocycles. The van der Waals surface area contributed by atoms with E-state index in [2.05, 4.69) is 64.2 Å². The molecule has 0 bridgehead atoms. The van der Waals surface area contributed by atoms with E-state index in [1.165, 1.54) is 24.0 Å². The lowest BCUT2D eigenvalue weighted by Gasteiger charge is -2.20. The van der Waals surface area contributed by atoms with Gasteiger partial charge in [-0.15, -0.1) is 0 Å². The zero-order chi connectivity index (χ0) is 13.5. The number of aryl methyl sites for hydroxylation is 2. The highest BCUT2D eigenvalue weighted by atomic mass is 14.9. The van der Waals surface area contributed by atoms with Crippen LogP contribution in [0.4, 0.5) is 0 Å². The Balaban J connectivity index is 2.27. The van der Waals surface area contributed by atoms with Gasteiger partial charge in [-0.3, -0.25) is 0 Å². The first-order valence-electron chi connectivity index (χ1n) is 7.28. The van der Waals surface area contributed by atoms with Crippen LogP contribution in [0.5, 0.6) is 0 Å². The second kappa shape index (κ2) is 7.58. The molecule has 0 saturated carbocycles. The van der Waals surface area contributed by atoms with Gasteiger partial charge in [0, 0.05) is 6.04 Å². The van der Waals surface area contributed by atoms with Crippen molar-refractivity contribution in [1.29, 1.82) is 0 Å². The maximum atomic E-state index is 3.65. The molecule has 0 spiro atoms. The second-order valence-corrected chi connectivity index (χ2v) is 6.06. The fourth-order valence-electron chi connectivity index (χ4n) is 1.98. The van der Waals surface area contributed by atoms with Gasteiger partial charge in [0.1, 0.15) is 0 Å². The van der Waals surface area contributed by atoms with E-state index in [9.17, 15) is 0 Å². The van der Waals surface area contributed by atoms with Gasteiger partial charge >= 0.3 is 0 Å². The zero-order valence-corrected chi connectivity index (χ0v) is 12.7. The van der Waals surface area contributed by atoms with Gasteiger partial charge in [-0.1, -0.05) is 50.6 Å². The van der Waals surface area contributed by atoms with Crippen LogP contribution in [0.15, 0.2) is 24.3 Å². The Bertz CT molecular complexity index is 343. The van der Waals surface area contributed by atoms with Gasteiger partial charge in [0.2, 0.25) is 0 Å². The van der Waals surface area contributed by atoms with Gasteiger partial charge in [-0.2, -0.15) is 0 Å². The molecule has 1 heteroatoms. The summed E-state index contributed by atoms with van der Waals surface area (Å²) in [5, 5.41) is 3.65. The van der Waals surface area contributed by atoms with Crippen LogP contribution in [0.2, 0.25) is 0 Å². The Morgan fingerprint density at radius 2 is 1.83 bits per heavy atom. The highest BCUT2D eigenvalue weighted by Crippen LogP contribution is 2.10. The third kappa shape index (κ3) is 5.68. The van der Waals surface area contributed by atoms with E-state index in [1.54, 1.807) is 0 Å². The molecule has 18 heavy (non-hydrogen) atoms. The summed E-state index contributed by atoms with van der Waals surface area (Å²) in [5.74, 6) is 1.52. The number of hydrogen-bond donors (Lipinski definition) is 1. The second-order valence-electron chi connectivity index (χ2n) is 6.06. The molecule has 0 aromatic heterocycles. The van der Waals surface area contributed by atoms with E-state index in [-0.39, 0.29) is 0 Å². The third-order valence-corrected chi connectivity index (χ3v) is 3.87. The van der Waals surface area contributed by atoms with E-state index >= 15 is 0 Å². The Kier molecular flexibility index (Phi) is 6.42. The fraction of sp³-hybridized carbons (Fsp3) is 0.647. The number of benzene rings is 1. The summed E-state index contributed by atoms with van der Waals surface area (Å²) in [6.45, 7) is 12.5. The van der Waals surface area contributed by atoms with E-state index in [1.807, 2.05) is 0 Å². The van der Waals surface area contributed by atoms with E-state index in [0.717, 1.165) is 18.4 Å². The molecular formula is C17H29N. The van der Waals surface area contributed by atoms with Crippen LogP contribution in [0, 0.1) is 18.8 Å². The van der Waals surface area contributed by atoms with Gasteiger partial charge in [-0.25, -0.2) is 0 Å². The van der Waals surface area contributed by atoms with Crippen molar-refractivity contribution in [1.82, 2.24) is 5.32 Å². The van der Waals surface area contributed by atoms with Gasteiger partial charge in [0.25, 0.3) is 0 Å². The Labute approximate surface area is 113 Å². The monoisotopic (exact) mass is 247 g/mol. The molecule has 0 amide bonds. The number of hydrogen-bond acceptors (Lipinski definition) is 1. The summed E-state index contributed by atoms with van der Waals surface area (Å²) in [5.41, 5.74) is 2.82. The molecule has 0 aliphatic rings. The van der Waals surface area contributed by atoms with Crippen molar-refractivity contribution in [2.75, 3.05) is 6.54 Å². The lowest BCUT2D eigenvalue weighted by Crippen LogP contribution is -2.32. The van der Waals surface area contributed by atoms with Crippen LogP contribution in [0.25, 0.3) is 0 Å². The Morgan fingerprint density at radius 1 is 1.11 bits per heavy atom. The highest BCUT2D eigenvalue weighted by molar-refractivity contribution is 5.22. The average molecular weight is 247 g/mol. The first-order chi connectivity index (χ1) is 8.49. The van der Waals surface area contributed by atoms with E-state index < -0.39 is 0 Å². The van der Waals surface area contributed by atoms with Crippen molar-refractivity contribution in [2.45, 2.75) is 53.5 Å². The Morgan fingerprint density at radius 3 is 2.44 bits per heavy atom. The summed E-state index contributed by atoms with van der Waals surface area (Å²) in [4.78, 5) is 0. The molecule has 0 aliphatic heterocycles. The largest absolute Gasteiger partial charge is 0.314 e. The first-order valence-corrected chi connectivity index (χ1v) is 7.28.